The van der Waals surface area contributed by atoms with Crippen molar-refractivity contribution in [2.75, 3.05) is 13.1 Å². The summed E-state index contributed by atoms with van der Waals surface area (Å²) in [6, 6.07) is 8.80. The minimum Gasteiger partial charge on any atom is -0.330 e. The van der Waals surface area contributed by atoms with Crippen molar-refractivity contribution in [2.45, 2.75) is 83.3 Å². The maximum absolute atomic E-state index is 13.2. The van der Waals surface area contributed by atoms with E-state index in [4.69, 9.17) is 4.98 Å². The molecule has 4 heterocycles. The molecule has 5 nitrogen and oxygen atoms in total. The van der Waals surface area contributed by atoms with E-state index in [1.807, 2.05) is 12.3 Å². The summed E-state index contributed by atoms with van der Waals surface area (Å²) in [5.74, 6) is 0.206. The first-order valence-electron chi connectivity index (χ1n) is 12.0. The van der Waals surface area contributed by atoms with Gasteiger partial charge in [0.05, 0.1) is 17.8 Å². The Kier molecular flexibility index (Phi) is 5.55. The average molecular weight is 419 g/mol. The molecule has 1 saturated carbocycles. The second-order valence-corrected chi connectivity index (χ2v) is 10.0. The predicted molar refractivity (Wildman–Crippen MR) is 122 cm³/mol. The van der Waals surface area contributed by atoms with Gasteiger partial charge in [0.15, 0.2) is 0 Å². The Labute approximate surface area is 185 Å². The highest BCUT2D eigenvalue weighted by Crippen LogP contribution is 2.35. The lowest BCUT2D eigenvalue weighted by atomic mass is 9.77. The van der Waals surface area contributed by atoms with Crippen LogP contribution in [0.3, 0.4) is 0 Å². The van der Waals surface area contributed by atoms with Crippen molar-refractivity contribution in [2.24, 2.45) is 0 Å². The van der Waals surface area contributed by atoms with Crippen LogP contribution in [0.5, 0.6) is 0 Å². The SMILES string of the molecule is Cc1nc2c(cc1CN1CCC(C)(c3ccccn3)CC1)C(=O)N(C1CCCCC1)C2. The minimum absolute atomic E-state index is 0.152. The van der Waals surface area contributed by atoms with Crippen LogP contribution in [0.15, 0.2) is 30.5 Å². The van der Waals surface area contributed by atoms with Crippen LogP contribution in [-0.4, -0.2) is 44.8 Å². The van der Waals surface area contributed by atoms with Crippen LogP contribution in [0.2, 0.25) is 0 Å². The van der Waals surface area contributed by atoms with Gasteiger partial charge in [-0.1, -0.05) is 32.3 Å². The number of likely N-dealkylation sites (tertiary alicyclic amines) is 1. The number of hydrogen-bond acceptors (Lipinski definition) is 4. The van der Waals surface area contributed by atoms with Crippen molar-refractivity contribution in [3.05, 3.63) is 58.7 Å². The fraction of sp³-hybridized carbons (Fsp3) is 0.577. The number of fused-ring (bicyclic) bond motifs is 1. The van der Waals surface area contributed by atoms with Gasteiger partial charge in [0.1, 0.15) is 0 Å². The zero-order valence-corrected chi connectivity index (χ0v) is 18.9. The predicted octanol–water partition coefficient (Wildman–Crippen LogP) is 4.63. The maximum atomic E-state index is 13.2. The van der Waals surface area contributed by atoms with Crippen molar-refractivity contribution in [1.82, 2.24) is 19.8 Å². The van der Waals surface area contributed by atoms with Gasteiger partial charge in [0, 0.05) is 35.6 Å². The summed E-state index contributed by atoms with van der Waals surface area (Å²) in [6.07, 6.45) is 10.2. The molecule has 0 radical (unpaired) electrons. The van der Waals surface area contributed by atoms with E-state index < -0.39 is 0 Å². The zero-order chi connectivity index (χ0) is 21.4. The summed E-state index contributed by atoms with van der Waals surface area (Å²) in [7, 11) is 0. The number of hydrogen-bond donors (Lipinski definition) is 0. The molecule has 0 bridgehead atoms. The van der Waals surface area contributed by atoms with Crippen LogP contribution in [-0.2, 0) is 18.5 Å². The molecular formula is C26H34N4O. The van der Waals surface area contributed by atoms with Crippen molar-refractivity contribution in [3.8, 4) is 0 Å². The Morgan fingerprint density at radius 2 is 1.90 bits per heavy atom. The Hall–Kier alpha value is -2.27. The minimum atomic E-state index is 0.152. The number of carbonyl (C=O) groups is 1. The van der Waals surface area contributed by atoms with Crippen LogP contribution in [0, 0.1) is 6.92 Å². The molecule has 0 atom stereocenters. The number of piperidine rings is 1. The van der Waals surface area contributed by atoms with Gasteiger partial charge in [0.25, 0.3) is 5.91 Å². The number of pyridine rings is 2. The second-order valence-electron chi connectivity index (χ2n) is 10.0. The van der Waals surface area contributed by atoms with Gasteiger partial charge >= 0.3 is 0 Å². The maximum Gasteiger partial charge on any atom is 0.256 e. The highest BCUT2D eigenvalue weighted by molar-refractivity contribution is 5.98. The first-order chi connectivity index (χ1) is 15.0. The first-order valence-corrected chi connectivity index (χ1v) is 12.0. The lowest BCUT2D eigenvalue weighted by Gasteiger charge is -2.39. The fourth-order valence-electron chi connectivity index (χ4n) is 5.66. The van der Waals surface area contributed by atoms with Crippen LogP contribution < -0.4 is 0 Å². The van der Waals surface area contributed by atoms with Gasteiger partial charge in [-0.25, -0.2) is 0 Å². The van der Waals surface area contributed by atoms with Crippen molar-refractivity contribution >= 4 is 5.91 Å². The molecule has 31 heavy (non-hydrogen) atoms. The van der Waals surface area contributed by atoms with Crippen molar-refractivity contribution in [3.63, 3.8) is 0 Å². The molecule has 0 unspecified atom stereocenters. The summed E-state index contributed by atoms with van der Waals surface area (Å²) >= 11 is 0. The number of aryl methyl sites for hydroxylation is 1. The number of rotatable bonds is 4. The highest BCUT2D eigenvalue weighted by Gasteiger charge is 2.36. The second kappa shape index (κ2) is 8.34. The zero-order valence-electron chi connectivity index (χ0n) is 18.9. The van der Waals surface area contributed by atoms with Gasteiger partial charge < -0.3 is 4.90 Å². The van der Waals surface area contributed by atoms with Gasteiger partial charge in [-0.15, -0.1) is 0 Å². The molecule has 5 rings (SSSR count). The van der Waals surface area contributed by atoms with E-state index in [0.29, 0.717) is 12.6 Å². The topological polar surface area (TPSA) is 49.3 Å². The molecule has 2 aromatic rings. The van der Waals surface area contributed by atoms with Gasteiger partial charge in [-0.05, 0) is 69.5 Å². The molecule has 1 saturated heterocycles. The standard InChI is InChI=1S/C26H34N4O/c1-19-20(17-29-14-11-26(2,12-15-29)24-10-6-7-13-27-24)16-22-23(28-19)18-30(25(22)31)21-8-4-3-5-9-21/h6-7,10,13,16,21H,3-5,8-9,11-12,14-15,17-18H2,1-2H3. The lowest BCUT2D eigenvalue weighted by Crippen LogP contribution is -2.41. The molecule has 5 heteroatoms. The normalized spacial score (nSPS) is 22.0. The van der Waals surface area contributed by atoms with Crippen LogP contribution in [0.4, 0.5) is 0 Å². The van der Waals surface area contributed by atoms with Gasteiger partial charge in [-0.3, -0.25) is 19.7 Å². The lowest BCUT2D eigenvalue weighted by molar-refractivity contribution is 0.0659. The third-order valence-electron chi connectivity index (χ3n) is 7.86. The number of nitrogens with zero attached hydrogens (tertiary/aromatic N) is 4. The van der Waals surface area contributed by atoms with Crippen LogP contribution in [0.1, 0.15) is 84.9 Å². The smallest absolute Gasteiger partial charge is 0.256 e. The van der Waals surface area contributed by atoms with E-state index >= 15 is 0 Å². The summed E-state index contributed by atoms with van der Waals surface area (Å²) in [4.78, 5) is 27.3. The van der Waals surface area contributed by atoms with Crippen molar-refractivity contribution < 1.29 is 4.79 Å². The van der Waals surface area contributed by atoms with E-state index in [-0.39, 0.29) is 11.3 Å². The van der Waals surface area contributed by atoms with Gasteiger partial charge in [0.2, 0.25) is 0 Å². The van der Waals surface area contributed by atoms with E-state index in [0.717, 1.165) is 62.3 Å². The molecule has 0 spiro atoms. The Balaban J connectivity index is 1.27. The Morgan fingerprint density at radius 3 is 2.61 bits per heavy atom. The van der Waals surface area contributed by atoms with Crippen molar-refractivity contribution in [1.29, 1.82) is 0 Å². The third kappa shape index (κ3) is 4.00. The highest BCUT2D eigenvalue weighted by atomic mass is 16.2. The molecule has 3 aliphatic rings. The van der Waals surface area contributed by atoms with E-state index in [2.05, 4.69) is 46.8 Å². The van der Waals surface area contributed by atoms with E-state index in [1.165, 1.54) is 30.5 Å². The molecule has 0 N–H and O–H groups in total. The average Bonchev–Trinajstić information content (AvgIpc) is 3.12. The largest absolute Gasteiger partial charge is 0.330 e. The Bertz CT molecular complexity index is 943. The molecule has 2 aromatic heterocycles. The Morgan fingerprint density at radius 1 is 1.13 bits per heavy atom. The molecule has 164 valence electrons. The summed E-state index contributed by atoms with van der Waals surface area (Å²) < 4.78 is 0. The van der Waals surface area contributed by atoms with Crippen LogP contribution >= 0.6 is 0 Å². The fourth-order valence-corrected chi connectivity index (χ4v) is 5.66. The molecule has 2 fully saturated rings. The number of amides is 1. The number of aromatic nitrogens is 2. The monoisotopic (exact) mass is 418 g/mol. The van der Waals surface area contributed by atoms with Crippen LogP contribution in [0.25, 0.3) is 0 Å². The molecule has 0 aromatic carbocycles. The summed E-state index contributed by atoms with van der Waals surface area (Å²) in [6.45, 7) is 8.11. The molecular weight excluding hydrogens is 384 g/mol. The van der Waals surface area contributed by atoms with E-state index in [9.17, 15) is 4.79 Å². The first kappa shape index (κ1) is 20.6. The summed E-state index contributed by atoms with van der Waals surface area (Å²) in [5.41, 5.74) is 5.48. The quantitative estimate of drug-likeness (QED) is 0.727. The van der Waals surface area contributed by atoms with Gasteiger partial charge in [-0.2, -0.15) is 0 Å². The molecule has 1 amide bonds. The molecule has 1 aliphatic carbocycles. The summed E-state index contributed by atoms with van der Waals surface area (Å²) in [5, 5.41) is 0. The van der Waals surface area contributed by atoms with E-state index in [1.54, 1.807) is 0 Å². The molecule has 2 aliphatic heterocycles. The number of carbonyl (C=O) groups excluding carboxylic acids is 1. The third-order valence-corrected chi connectivity index (χ3v) is 7.86.